The van der Waals surface area contributed by atoms with E-state index in [4.69, 9.17) is 9.84 Å². The van der Waals surface area contributed by atoms with E-state index in [0.29, 0.717) is 26.3 Å². The number of carboxylic acid groups (broad SMARTS) is 1. The molecule has 2 heterocycles. The molecule has 0 saturated carbocycles. The van der Waals surface area contributed by atoms with Crippen molar-refractivity contribution in [1.82, 2.24) is 9.88 Å². The summed E-state index contributed by atoms with van der Waals surface area (Å²) in [7, 11) is 0. The van der Waals surface area contributed by atoms with Crippen LogP contribution in [0.1, 0.15) is 21.0 Å². The van der Waals surface area contributed by atoms with Crippen LogP contribution in [-0.4, -0.2) is 53.2 Å². The normalized spacial score (nSPS) is 15.6. The van der Waals surface area contributed by atoms with Crippen molar-refractivity contribution in [3.8, 4) is 0 Å². The van der Waals surface area contributed by atoms with Crippen molar-refractivity contribution in [3.05, 3.63) is 29.6 Å². The number of carbonyl (C=O) groups excluding carboxylic acids is 1. The Bertz CT molecular complexity index is 441. The third-order valence-electron chi connectivity index (χ3n) is 2.49. The third kappa shape index (κ3) is 2.59. The number of hydrogen-bond acceptors (Lipinski definition) is 4. The molecule has 2 rings (SSSR count). The van der Waals surface area contributed by atoms with E-state index in [-0.39, 0.29) is 17.3 Å². The highest BCUT2D eigenvalue weighted by Gasteiger charge is 2.20. The van der Waals surface area contributed by atoms with Crippen molar-refractivity contribution in [1.29, 1.82) is 0 Å². The van der Waals surface area contributed by atoms with Gasteiger partial charge in [0.05, 0.1) is 13.2 Å². The first-order valence-corrected chi connectivity index (χ1v) is 5.26. The van der Waals surface area contributed by atoms with Crippen LogP contribution in [0.2, 0.25) is 0 Å². The summed E-state index contributed by atoms with van der Waals surface area (Å²) in [6.07, 6.45) is 0. The molecule has 0 spiro atoms. The number of carboxylic acids is 1. The summed E-state index contributed by atoms with van der Waals surface area (Å²) in [5, 5.41) is 8.79. The number of carbonyl (C=O) groups is 2. The molecule has 0 unspecified atom stereocenters. The molecule has 1 N–H and O–H groups in total. The van der Waals surface area contributed by atoms with Gasteiger partial charge in [-0.15, -0.1) is 0 Å². The zero-order chi connectivity index (χ0) is 12.3. The van der Waals surface area contributed by atoms with Gasteiger partial charge in [0.25, 0.3) is 5.91 Å². The standard InChI is InChI=1S/C11H12N2O4/c14-10(13-4-6-17-7-5-13)8-2-1-3-9(12-8)11(15)16/h1-3H,4-7H2,(H,15,16). The van der Waals surface area contributed by atoms with E-state index in [1.165, 1.54) is 18.2 Å². The highest BCUT2D eigenvalue weighted by molar-refractivity contribution is 5.94. The first-order valence-electron chi connectivity index (χ1n) is 5.26. The molecule has 1 saturated heterocycles. The van der Waals surface area contributed by atoms with E-state index in [9.17, 15) is 9.59 Å². The molecular weight excluding hydrogens is 224 g/mol. The Labute approximate surface area is 97.8 Å². The molecule has 0 radical (unpaired) electrons. The monoisotopic (exact) mass is 236 g/mol. The van der Waals surface area contributed by atoms with Gasteiger partial charge in [0.15, 0.2) is 0 Å². The molecule has 1 fully saturated rings. The number of aromatic carboxylic acids is 1. The van der Waals surface area contributed by atoms with Gasteiger partial charge >= 0.3 is 5.97 Å². The minimum Gasteiger partial charge on any atom is -0.477 e. The summed E-state index contributed by atoms with van der Waals surface area (Å²) in [5.41, 5.74) is 0.0379. The first-order chi connectivity index (χ1) is 8.18. The molecule has 0 atom stereocenters. The molecule has 1 aliphatic rings. The van der Waals surface area contributed by atoms with Gasteiger partial charge in [0.1, 0.15) is 11.4 Å². The molecule has 90 valence electrons. The lowest BCUT2D eigenvalue weighted by Gasteiger charge is -2.26. The van der Waals surface area contributed by atoms with Crippen molar-refractivity contribution in [2.45, 2.75) is 0 Å². The number of amides is 1. The lowest BCUT2D eigenvalue weighted by atomic mass is 10.2. The van der Waals surface area contributed by atoms with Gasteiger partial charge < -0.3 is 14.7 Å². The van der Waals surface area contributed by atoms with Crippen LogP contribution in [0.5, 0.6) is 0 Å². The van der Waals surface area contributed by atoms with Crippen LogP contribution >= 0.6 is 0 Å². The van der Waals surface area contributed by atoms with Crippen LogP contribution in [-0.2, 0) is 4.74 Å². The summed E-state index contributed by atoms with van der Waals surface area (Å²) < 4.78 is 5.14. The van der Waals surface area contributed by atoms with Crippen molar-refractivity contribution in [2.75, 3.05) is 26.3 Å². The summed E-state index contributed by atoms with van der Waals surface area (Å²) in [6.45, 7) is 2.03. The van der Waals surface area contributed by atoms with Gasteiger partial charge in [0, 0.05) is 13.1 Å². The second-order valence-corrected chi connectivity index (χ2v) is 3.62. The average molecular weight is 236 g/mol. The quantitative estimate of drug-likeness (QED) is 0.796. The summed E-state index contributed by atoms with van der Waals surface area (Å²) >= 11 is 0. The van der Waals surface area contributed by atoms with Crippen LogP contribution in [0, 0.1) is 0 Å². The van der Waals surface area contributed by atoms with Gasteiger partial charge in [-0.3, -0.25) is 4.79 Å². The highest BCUT2D eigenvalue weighted by Crippen LogP contribution is 2.06. The van der Waals surface area contributed by atoms with E-state index in [2.05, 4.69) is 4.98 Å². The zero-order valence-corrected chi connectivity index (χ0v) is 9.13. The molecule has 1 amide bonds. The number of morpholine rings is 1. The molecule has 1 aromatic rings. The Kier molecular flexibility index (Phi) is 3.34. The Morgan fingerprint density at radius 1 is 1.24 bits per heavy atom. The number of nitrogens with zero attached hydrogens (tertiary/aromatic N) is 2. The number of rotatable bonds is 2. The van der Waals surface area contributed by atoms with Crippen LogP contribution in [0.25, 0.3) is 0 Å². The molecule has 6 nitrogen and oxygen atoms in total. The molecule has 0 aliphatic carbocycles. The molecular formula is C11H12N2O4. The fraction of sp³-hybridized carbons (Fsp3) is 0.364. The topological polar surface area (TPSA) is 79.7 Å². The van der Waals surface area contributed by atoms with Gasteiger partial charge in [0.2, 0.25) is 0 Å². The average Bonchev–Trinajstić information content (AvgIpc) is 2.39. The molecule has 1 aliphatic heterocycles. The zero-order valence-electron chi connectivity index (χ0n) is 9.13. The largest absolute Gasteiger partial charge is 0.477 e. The Hall–Kier alpha value is -1.95. The van der Waals surface area contributed by atoms with Gasteiger partial charge in [-0.05, 0) is 12.1 Å². The number of hydrogen-bond donors (Lipinski definition) is 1. The Balaban J connectivity index is 2.18. The maximum atomic E-state index is 12.0. The second kappa shape index (κ2) is 4.92. The SMILES string of the molecule is O=C(O)c1cccc(C(=O)N2CCOCC2)n1. The van der Waals surface area contributed by atoms with Gasteiger partial charge in [-0.25, -0.2) is 9.78 Å². The van der Waals surface area contributed by atoms with E-state index in [1.54, 1.807) is 4.90 Å². The number of aromatic nitrogens is 1. The molecule has 6 heteroatoms. The lowest BCUT2D eigenvalue weighted by Crippen LogP contribution is -2.41. The molecule has 17 heavy (non-hydrogen) atoms. The summed E-state index contributed by atoms with van der Waals surface area (Å²) in [4.78, 5) is 28.2. The van der Waals surface area contributed by atoms with Crippen LogP contribution in [0.3, 0.4) is 0 Å². The highest BCUT2D eigenvalue weighted by atomic mass is 16.5. The summed E-state index contributed by atoms with van der Waals surface area (Å²) in [6, 6.07) is 4.40. The minimum atomic E-state index is -1.14. The Morgan fingerprint density at radius 3 is 2.53 bits per heavy atom. The number of ether oxygens (including phenoxy) is 1. The third-order valence-corrected chi connectivity index (χ3v) is 2.49. The Morgan fingerprint density at radius 2 is 1.88 bits per heavy atom. The minimum absolute atomic E-state index is 0.121. The molecule has 0 aromatic carbocycles. The van der Waals surface area contributed by atoms with Gasteiger partial charge in [-0.2, -0.15) is 0 Å². The van der Waals surface area contributed by atoms with E-state index < -0.39 is 5.97 Å². The van der Waals surface area contributed by atoms with E-state index in [1.807, 2.05) is 0 Å². The van der Waals surface area contributed by atoms with Crippen molar-refractivity contribution in [3.63, 3.8) is 0 Å². The number of pyridine rings is 1. The predicted molar refractivity (Wildman–Crippen MR) is 57.9 cm³/mol. The fourth-order valence-electron chi connectivity index (χ4n) is 1.60. The summed E-state index contributed by atoms with van der Waals surface area (Å²) in [5.74, 6) is -1.39. The van der Waals surface area contributed by atoms with Crippen LogP contribution in [0.4, 0.5) is 0 Å². The van der Waals surface area contributed by atoms with Crippen molar-refractivity contribution in [2.24, 2.45) is 0 Å². The smallest absolute Gasteiger partial charge is 0.354 e. The maximum absolute atomic E-state index is 12.0. The van der Waals surface area contributed by atoms with E-state index >= 15 is 0 Å². The maximum Gasteiger partial charge on any atom is 0.354 e. The van der Waals surface area contributed by atoms with Gasteiger partial charge in [-0.1, -0.05) is 6.07 Å². The van der Waals surface area contributed by atoms with Crippen molar-refractivity contribution < 1.29 is 19.4 Å². The van der Waals surface area contributed by atoms with E-state index in [0.717, 1.165) is 0 Å². The predicted octanol–water partition coefficient (Wildman–Crippen LogP) is 0.252. The lowest BCUT2D eigenvalue weighted by molar-refractivity contribution is 0.0299. The van der Waals surface area contributed by atoms with Crippen LogP contribution in [0.15, 0.2) is 18.2 Å². The van der Waals surface area contributed by atoms with Crippen LogP contribution < -0.4 is 0 Å². The fourth-order valence-corrected chi connectivity index (χ4v) is 1.60. The second-order valence-electron chi connectivity index (χ2n) is 3.62. The van der Waals surface area contributed by atoms with Crippen molar-refractivity contribution >= 4 is 11.9 Å². The molecule has 0 bridgehead atoms. The first kappa shape index (κ1) is 11.5. The molecule has 1 aromatic heterocycles.